The molecular formula is C21H22N2O5. The van der Waals surface area contributed by atoms with E-state index in [2.05, 4.69) is 0 Å². The van der Waals surface area contributed by atoms with Crippen molar-refractivity contribution in [2.45, 2.75) is 30.8 Å². The van der Waals surface area contributed by atoms with Crippen molar-refractivity contribution in [2.24, 2.45) is 0 Å². The van der Waals surface area contributed by atoms with Crippen molar-refractivity contribution in [1.82, 2.24) is 9.80 Å². The molecule has 2 aliphatic heterocycles. The molecular weight excluding hydrogens is 360 g/mol. The molecule has 0 radical (unpaired) electrons. The number of amides is 2. The number of hydrogen-bond acceptors (Lipinski definition) is 5. The van der Waals surface area contributed by atoms with Gasteiger partial charge in [-0.15, -0.1) is 0 Å². The van der Waals surface area contributed by atoms with Crippen LogP contribution in [-0.2, 0) is 16.1 Å². The van der Waals surface area contributed by atoms with E-state index in [1.54, 1.807) is 0 Å². The number of cyclic esters (lactones) is 1. The number of hydrogen-bond donors (Lipinski definition) is 2. The molecule has 0 spiro atoms. The van der Waals surface area contributed by atoms with Gasteiger partial charge in [-0.3, -0.25) is 9.69 Å². The molecule has 2 aromatic carbocycles. The van der Waals surface area contributed by atoms with Crippen LogP contribution in [0.2, 0.25) is 0 Å². The first-order valence-corrected chi connectivity index (χ1v) is 9.25. The van der Waals surface area contributed by atoms with Gasteiger partial charge in [-0.1, -0.05) is 60.7 Å². The molecule has 146 valence electrons. The van der Waals surface area contributed by atoms with Crippen LogP contribution in [-0.4, -0.2) is 63.4 Å². The topological polar surface area (TPSA) is 90.3 Å². The minimum Gasteiger partial charge on any atom is -0.447 e. The minimum absolute atomic E-state index is 0.146. The van der Waals surface area contributed by atoms with Crippen molar-refractivity contribution in [3.05, 3.63) is 71.8 Å². The van der Waals surface area contributed by atoms with Crippen LogP contribution in [0.25, 0.3) is 0 Å². The number of nitrogens with zero attached hydrogens (tertiary/aromatic N) is 2. The fourth-order valence-electron chi connectivity index (χ4n) is 4.00. The zero-order valence-electron chi connectivity index (χ0n) is 15.2. The molecule has 28 heavy (non-hydrogen) atoms. The first-order chi connectivity index (χ1) is 13.6. The van der Waals surface area contributed by atoms with Crippen LogP contribution in [0.15, 0.2) is 60.7 Å². The van der Waals surface area contributed by atoms with Gasteiger partial charge in [0.25, 0.3) is 0 Å². The molecule has 0 unspecified atom stereocenters. The zero-order chi connectivity index (χ0) is 19.7. The van der Waals surface area contributed by atoms with Crippen LogP contribution in [0.3, 0.4) is 0 Å². The highest BCUT2D eigenvalue weighted by Gasteiger charge is 2.58. The highest BCUT2D eigenvalue weighted by Crippen LogP contribution is 2.38. The molecule has 0 aliphatic carbocycles. The molecule has 2 fully saturated rings. The van der Waals surface area contributed by atoms with E-state index >= 15 is 0 Å². The number of aliphatic hydroxyl groups is 2. The molecule has 0 saturated carbocycles. The van der Waals surface area contributed by atoms with Gasteiger partial charge in [0.05, 0.1) is 24.8 Å². The lowest BCUT2D eigenvalue weighted by atomic mass is 9.87. The van der Waals surface area contributed by atoms with E-state index < -0.39 is 36.9 Å². The maximum Gasteiger partial charge on any atom is 0.411 e. The lowest BCUT2D eigenvalue weighted by molar-refractivity contribution is -0.169. The average molecular weight is 382 g/mol. The number of carbonyl (C=O) groups excluding carboxylic acids is 2. The fraction of sp³-hybridized carbons (Fsp3) is 0.333. The average Bonchev–Trinajstić information content (AvgIpc) is 3.11. The minimum atomic E-state index is -1.16. The van der Waals surface area contributed by atoms with Crippen molar-refractivity contribution in [1.29, 1.82) is 0 Å². The normalized spacial score (nSPS) is 25.4. The molecule has 2 amide bonds. The third-order valence-corrected chi connectivity index (χ3v) is 5.39. The van der Waals surface area contributed by atoms with Crippen LogP contribution < -0.4 is 0 Å². The predicted octanol–water partition coefficient (Wildman–Crippen LogP) is 1.31. The first kappa shape index (κ1) is 18.5. The second kappa shape index (κ2) is 7.61. The summed E-state index contributed by atoms with van der Waals surface area (Å²) in [6.07, 6.45) is -1.74. The van der Waals surface area contributed by atoms with Gasteiger partial charge in [-0.25, -0.2) is 4.79 Å². The smallest absolute Gasteiger partial charge is 0.411 e. The summed E-state index contributed by atoms with van der Waals surface area (Å²) >= 11 is 0. The summed E-state index contributed by atoms with van der Waals surface area (Å²) < 4.78 is 5.23. The van der Waals surface area contributed by atoms with E-state index in [1.165, 1.54) is 9.80 Å². The Morgan fingerprint density at radius 3 is 2.32 bits per heavy atom. The first-order valence-electron chi connectivity index (χ1n) is 9.25. The molecule has 2 heterocycles. The molecule has 2 N–H and O–H groups in total. The monoisotopic (exact) mass is 382 g/mol. The maximum atomic E-state index is 13.0. The van der Waals surface area contributed by atoms with E-state index in [1.807, 2.05) is 60.7 Å². The van der Waals surface area contributed by atoms with Gasteiger partial charge in [0.1, 0.15) is 12.6 Å². The predicted molar refractivity (Wildman–Crippen MR) is 100 cm³/mol. The van der Waals surface area contributed by atoms with Gasteiger partial charge in [0.15, 0.2) is 0 Å². The number of aliphatic hydroxyl groups excluding tert-OH is 2. The zero-order valence-corrected chi connectivity index (χ0v) is 15.2. The van der Waals surface area contributed by atoms with E-state index in [9.17, 15) is 19.8 Å². The largest absolute Gasteiger partial charge is 0.447 e. The highest BCUT2D eigenvalue weighted by atomic mass is 16.6. The Morgan fingerprint density at radius 2 is 1.68 bits per heavy atom. The molecule has 7 nitrogen and oxygen atoms in total. The Labute approximate surface area is 162 Å². The highest BCUT2D eigenvalue weighted by molar-refractivity contribution is 5.93. The molecule has 4 rings (SSSR count). The summed E-state index contributed by atoms with van der Waals surface area (Å²) in [6.45, 7) is -0.0529. The Bertz CT molecular complexity index is 844. The van der Waals surface area contributed by atoms with Crippen LogP contribution in [0, 0.1) is 0 Å². The van der Waals surface area contributed by atoms with Gasteiger partial charge in [0, 0.05) is 6.54 Å². The van der Waals surface area contributed by atoms with Gasteiger partial charge >= 0.3 is 6.09 Å². The number of carbonyl (C=O) groups is 2. The SMILES string of the molecule is O=C1[C@H](N2C(=O)OC[C@@H]2c2ccccc2)[C@H]([C@H](O)CO)N1Cc1ccccc1. The Balaban J connectivity index is 1.62. The van der Waals surface area contributed by atoms with Gasteiger partial charge in [-0.05, 0) is 11.1 Å². The summed E-state index contributed by atoms with van der Waals surface area (Å²) in [7, 11) is 0. The van der Waals surface area contributed by atoms with E-state index in [0.29, 0.717) is 6.54 Å². The van der Waals surface area contributed by atoms with Crippen LogP contribution >= 0.6 is 0 Å². The van der Waals surface area contributed by atoms with E-state index in [0.717, 1.165) is 11.1 Å². The molecule has 2 saturated heterocycles. The Kier molecular flexibility index (Phi) is 5.02. The van der Waals surface area contributed by atoms with Gasteiger partial charge < -0.3 is 19.8 Å². The maximum absolute atomic E-state index is 13.0. The molecule has 2 aliphatic rings. The van der Waals surface area contributed by atoms with Crippen molar-refractivity contribution in [3.63, 3.8) is 0 Å². The van der Waals surface area contributed by atoms with Crippen LogP contribution in [0.4, 0.5) is 4.79 Å². The fourth-order valence-corrected chi connectivity index (χ4v) is 4.00. The lowest BCUT2D eigenvalue weighted by Gasteiger charge is -2.52. The second-order valence-corrected chi connectivity index (χ2v) is 7.05. The van der Waals surface area contributed by atoms with Crippen molar-refractivity contribution >= 4 is 12.0 Å². The number of benzene rings is 2. The van der Waals surface area contributed by atoms with Crippen LogP contribution in [0.1, 0.15) is 17.2 Å². The standard InChI is InChI=1S/C21H22N2O5/c24-12-17(25)18-19(20(26)22(18)11-14-7-3-1-4-8-14)23-16(13-28-21(23)27)15-9-5-2-6-10-15/h1-10,16-19,24-25H,11-13H2/t16-,17-,18+,19-/m1/s1. The molecule has 0 bridgehead atoms. The number of likely N-dealkylation sites (tertiary alicyclic amines) is 1. The summed E-state index contributed by atoms with van der Waals surface area (Å²) in [5, 5.41) is 19.9. The quantitative estimate of drug-likeness (QED) is 0.736. The third kappa shape index (κ3) is 3.12. The summed E-state index contributed by atoms with van der Waals surface area (Å²) in [6, 6.07) is 16.8. The molecule has 7 heteroatoms. The van der Waals surface area contributed by atoms with Crippen molar-refractivity contribution in [3.8, 4) is 0 Å². The van der Waals surface area contributed by atoms with Crippen molar-refractivity contribution < 1.29 is 24.5 Å². The van der Waals surface area contributed by atoms with Gasteiger partial charge in [-0.2, -0.15) is 0 Å². The number of rotatable bonds is 6. The summed E-state index contributed by atoms with van der Waals surface area (Å²) in [4.78, 5) is 28.4. The summed E-state index contributed by atoms with van der Waals surface area (Å²) in [5.41, 5.74) is 1.77. The Morgan fingerprint density at radius 1 is 1.04 bits per heavy atom. The Hall–Kier alpha value is -2.90. The summed E-state index contributed by atoms with van der Waals surface area (Å²) in [5.74, 6) is -0.263. The molecule has 0 aromatic heterocycles. The second-order valence-electron chi connectivity index (χ2n) is 7.05. The van der Waals surface area contributed by atoms with Crippen LogP contribution in [0.5, 0.6) is 0 Å². The third-order valence-electron chi connectivity index (χ3n) is 5.39. The molecule has 4 atom stereocenters. The number of ether oxygens (including phenoxy) is 1. The number of β-lactam (4-membered cyclic amide) rings is 1. The lowest BCUT2D eigenvalue weighted by Crippen LogP contribution is -2.74. The molecule has 2 aromatic rings. The van der Waals surface area contributed by atoms with Gasteiger partial charge in [0.2, 0.25) is 5.91 Å². The van der Waals surface area contributed by atoms with E-state index in [-0.39, 0.29) is 12.5 Å². The van der Waals surface area contributed by atoms with E-state index in [4.69, 9.17) is 4.74 Å². The van der Waals surface area contributed by atoms with Crippen molar-refractivity contribution in [2.75, 3.05) is 13.2 Å².